The van der Waals surface area contributed by atoms with Gasteiger partial charge in [-0.2, -0.15) is 0 Å². The maximum Gasteiger partial charge on any atom is 0.123 e. The topological polar surface area (TPSA) is 21.7 Å². The lowest BCUT2D eigenvalue weighted by Gasteiger charge is -2.30. The number of morpholine rings is 1. The van der Waals surface area contributed by atoms with Crippen LogP contribution in [0.1, 0.15) is 17.2 Å². The van der Waals surface area contributed by atoms with Gasteiger partial charge >= 0.3 is 0 Å². The summed E-state index contributed by atoms with van der Waals surface area (Å²) in [6, 6.07) is 5.97. The number of alkyl halides is 1. The van der Waals surface area contributed by atoms with Gasteiger partial charge in [-0.15, -0.1) is 0 Å². The van der Waals surface area contributed by atoms with E-state index in [4.69, 9.17) is 9.47 Å². The number of halogens is 1. The average Bonchev–Trinajstić information content (AvgIpc) is 2.37. The highest BCUT2D eigenvalue weighted by Gasteiger charge is 2.19. The van der Waals surface area contributed by atoms with Gasteiger partial charge in [-0.25, -0.2) is 4.39 Å². The van der Waals surface area contributed by atoms with E-state index in [1.807, 2.05) is 19.1 Å². The van der Waals surface area contributed by atoms with Crippen LogP contribution in [0.25, 0.3) is 0 Å². The van der Waals surface area contributed by atoms with Crippen LogP contribution in [-0.2, 0) is 4.74 Å². The van der Waals surface area contributed by atoms with Crippen molar-refractivity contribution in [1.82, 2.24) is 4.90 Å². The first-order valence-corrected chi connectivity index (χ1v) is 6.30. The van der Waals surface area contributed by atoms with Crippen LogP contribution >= 0.6 is 0 Å². The van der Waals surface area contributed by atoms with Crippen molar-refractivity contribution >= 4 is 0 Å². The molecule has 1 atom stereocenters. The van der Waals surface area contributed by atoms with Crippen LogP contribution in [0.2, 0.25) is 0 Å². The zero-order valence-corrected chi connectivity index (χ0v) is 11.0. The van der Waals surface area contributed by atoms with Crippen LogP contribution in [0.3, 0.4) is 0 Å². The zero-order valence-electron chi connectivity index (χ0n) is 11.0. The van der Waals surface area contributed by atoms with Crippen molar-refractivity contribution in [2.75, 3.05) is 40.0 Å². The number of likely N-dealkylation sites (N-methyl/N-ethyl adjacent to an activating group) is 1. The van der Waals surface area contributed by atoms with Crippen molar-refractivity contribution in [3.05, 3.63) is 29.3 Å². The Hall–Kier alpha value is -1.13. The molecule has 1 unspecified atom stereocenters. The summed E-state index contributed by atoms with van der Waals surface area (Å²) in [6.45, 7) is 4.28. The Morgan fingerprint density at radius 3 is 3.00 bits per heavy atom. The van der Waals surface area contributed by atoms with Crippen LogP contribution in [0.15, 0.2) is 18.2 Å². The van der Waals surface area contributed by atoms with E-state index in [0.717, 1.165) is 36.6 Å². The smallest absolute Gasteiger partial charge is 0.123 e. The third-order valence-electron chi connectivity index (χ3n) is 3.18. The molecule has 1 fully saturated rings. The van der Waals surface area contributed by atoms with Crippen molar-refractivity contribution in [1.29, 1.82) is 0 Å². The van der Waals surface area contributed by atoms with E-state index >= 15 is 0 Å². The van der Waals surface area contributed by atoms with Crippen LogP contribution < -0.4 is 4.74 Å². The summed E-state index contributed by atoms with van der Waals surface area (Å²) in [6.07, 6.45) is 0.123. The van der Waals surface area contributed by atoms with Gasteiger partial charge in [-0.3, -0.25) is 0 Å². The van der Waals surface area contributed by atoms with Gasteiger partial charge in [0, 0.05) is 13.1 Å². The quantitative estimate of drug-likeness (QED) is 0.822. The van der Waals surface area contributed by atoms with Crippen molar-refractivity contribution in [2.24, 2.45) is 0 Å². The molecule has 1 aliphatic heterocycles. The normalized spacial score (nSPS) is 20.9. The Balaban J connectivity index is 2.07. The van der Waals surface area contributed by atoms with E-state index in [-0.39, 0.29) is 12.7 Å². The lowest BCUT2D eigenvalue weighted by atomic mass is 10.0. The van der Waals surface area contributed by atoms with Gasteiger partial charge in [0.2, 0.25) is 0 Å². The lowest BCUT2D eigenvalue weighted by Crippen LogP contribution is -2.35. The molecular formula is C14H20FNO2. The average molecular weight is 253 g/mol. The molecule has 0 spiro atoms. The highest BCUT2D eigenvalue weighted by molar-refractivity contribution is 5.37. The molecule has 18 heavy (non-hydrogen) atoms. The zero-order chi connectivity index (χ0) is 13.0. The fraction of sp³-hybridized carbons (Fsp3) is 0.571. The SMILES string of the molecule is Cc1cc(C2CN(C)CCO2)ccc1OCCF. The second-order valence-electron chi connectivity index (χ2n) is 4.68. The van der Waals surface area contributed by atoms with Gasteiger partial charge in [0.25, 0.3) is 0 Å². The molecule has 0 N–H and O–H groups in total. The molecule has 0 aliphatic carbocycles. The molecule has 0 amide bonds. The summed E-state index contributed by atoms with van der Waals surface area (Å²) in [5, 5.41) is 0. The van der Waals surface area contributed by atoms with Crippen LogP contribution in [0.5, 0.6) is 5.75 Å². The molecular weight excluding hydrogens is 233 g/mol. The number of nitrogens with zero attached hydrogens (tertiary/aromatic N) is 1. The van der Waals surface area contributed by atoms with Crippen molar-refractivity contribution in [3.63, 3.8) is 0 Å². The van der Waals surface area contributed by atoms with E-state index in [0.29, 0.717) is 0 Å². The van der Waals surface area contributed by atoms with Crippen molar-refractivity contribution in [3.8, 4) is 5.75 Å². The molecule has 0 bridgehead atoms. The number of hydrogen-bond donors (Lipinski definition) is 0. The summed E-state index contributed by atoms with van der Waals surface area (Å²) in [5.74, 6) is 0.751. The second kappa shape index (κ2) is 6.16. The summed E-state index contributed by atoms with van der Waals surface area (Å²) in [5.41, 5.74) is 2.18. The molecule has 1 heterocycles. The van der Waals surface area contributed by atoms with Gasteiger partial charge in [-0.05, 0) is 37.2 Å². The van der Waals surface area contributed by atoms with E-state index < -0.39 is 6.67 Å². The Labute approximate surface area is 107 Å². The Bertz CT molecular complexity index is 397. The third kappa shape index (κ3) is 3.21. The Morgan fingerprint density at radius 1 is 1.50 bits per heavy atom. The van der Waals surface area contributed by atoms with Gasteiger partial charge in [0.05, 0.1) is 12.7 Å². The van der Waals surface area contributed by atoms with Gasteiger partial charge in [-0.1, -0.05) is 6.07 Å². The first-order valence-electron chi connectivity index (χ1n) is 6.30. The van der Waals surface area contributed by atoms with Crippen LogP contribution in [0, 0.1) is 6.92 Å². The minimum Gasteiger partial charge on any atom is -0.491 e. The van der Waals surface area contributed by atoms with Crippen molar-refractivity contribution in [2.45, 2.75) is 13.0 Å². The van der Waals surface area contributed by atoms with Gasteiger partial charge in [0.1, 0.15) is 19.0 Å². The van der Waals surface area contributed by atoms with E-state index in [1.165, 1.54) is 0 Å². The minimum absolute atomic E-state index is 0.114. The number of ether oxygens (including phenoxy) is 2. The predicted octanol–water partition coefficient (Wildman–Crippen LogP) is 2.35. The van der Waals surface area contributed by atoms with Crippen molar-refractivity contribution < 1.29 is 13.9 Å². The molecule has 4 heteroatoms. The van der Waals surface area contributed by atoms with E-state index in [2.05, 4.69) is 18.0 Å². The third-order valence-corrected chi connectivity index (χ3v) is 3.18. The number of hydrogen-bond acceptors (Lipinski definition) is 3. The summed E-state index contributed by atoms with van der Waals surface area (Å²) in [7, 11) is 2.10. The molecule has 0 saturated carbocycles. The van der Waals surface area contributed by atoms with Crippen LogP contribution in [0.4, 0.5) is 4.39 Å². The number of rotatable bonds is 4. The molecule has 1 aliphatic rings. The highest BCUT2D eigenvalue weighted by atomic mass is 19.1. The number of benzene rings is 1. The fourth-order valence-electron chi connectivity index (χ4n) is 2.16. The molecule has 0 aromatic heterocycles. The molecule has 100 valence electrons. The molecule has 0 radical (unpaired) electrons. The molecule has 2 rings (SSSR count). The molecule has 1 saturated heterocycles. The minimum atomic E-state index is -0.461. The Morgan fingerprint density at radius 2 is 2.33 bits per heavy atom. The predicted molar refractivity (Wildman–Crippen MR) is 68.8 cm³/mol. The molecule has 3 nitrogen and oxygen atoms in total. The number of aryl methyl sites for hydroxylation is 1. The summed E-state index contributed by atoms with van der Waals surface area (Å²) in [4.78, 5) is 2.26. The lowest BCUT2D eigenvalue weighted by molar-refractivity contribution is -0.0209. The Kier molecular flexibility index (Phi) is 4.55. The summed E-state index contributed by atoms with van der Waals surface area (Å²) >= 11 is 0. The fourth-order valence-corrected chi connectivity index (χ4v) is 2.16. The standard InChI is InChI=1S/C14H20FNO2/c1-11-9-12(3-4-13(11)17-7-5-15)14-10-16(2)6-8-18-14/h3-4,9,14H,5-8,10H2,1-2H3. The largest absolute Gasteiger partial charge is 0.491 e. The maximum absolute atomic E-state index is 12.1. The van der Waals surface area contributed by atoms with E-state index in [9.17, 15) is 4.39 Å². The molecule has 1 aromatic carbocycles. The first kappa shape index (κ1) is 13.3. The van der Waals surface area contributed by atoms with Crippen LogP contribution in [-0.4, -0.2) is 44.9 Å². The maximum atomic E-state index is 12.1. The van der Waals surface area contributed by atoms with Gasteiger partial charge in [0.15, 0.2) is 0 Å². The molecule has 1 aromatic rings. The monoisotopic (exact) mass is 253 g/mol. The second-order valence-corrected chi connectivity index (χ2v) is 4.68. The highest BCUT2D eigenvalue weighted by Crippen LogP contribution is 2.26. The first-order chi connectivity index (χ1) is 8.70. The van der Waals surface area contributed by atoms with E-state index in [1.54, 1.807) is 0 Å². The van der Waals surface area contributed by atoms with Gasteiger partial charge < -0.3 is 14.4 Å². The summed E-state index contributed by atoms with van der Waals surface area (Å²) < 4.78 is 23.2.